The number of phenolic OH excluding ortho intramolecular Hbond substituents is 1. The minimum atomic E-state index is -2.98. The molecule has 0 aliphatic heterocycles. The number of unbranched alkanes of at least 4 members (excludes halogenated alkanes) is 1. The summed E-state index contributed by atoms with van der Waals surface area (Å²) in [7, 11) is 0. The molecule has 1 aromatic carbocycles. The minimum Gasteiger partial charge on any atom is -0.507 e. The molecule has 8 heteroatoms. The summed E-state index contributed by atoms with van der Waals surface area (Å²) in [4.78, 5) is 69.0. The van der Waals surface area contributed by atoms with Crippen molar-refractivity contribution in [3.63, 3.8) is 0 Å². The van der Waals surface area contributed by atoms with Crippen LogP contribution < -0.4 is 0 Å². The van der Waals surface area contributed by atoms with Crippen LogP contribution in [-0.4, -0.2) is 55.9 Å². The Morgan fingerprint density at radius 3 is 2.24 bits per heavy atom. The van der Waals surface area contributed by atoms with Gasteiger partial charge >= 0.3 is 0 Å². The average Bonchev–Trinajstić information content (AvgIpc) is 2.88. The van der Waals surface area contributed by atoms with Crippen molar-refractivity contribution in [1.82, 2.24) is 0 Å². The summed E-state index contributed by atoms with van der Waals surface area (Å²) in [5, 5.41) is 36.0. The molecule has 0 amide bonds. The number of aliphatic hydroxyl groups excluding tert-OH is 1. The lowest BCUT2D eigenvalue weighted by atomic mass is 9.37. The Hall–Kier alpha value is -3.15. The predicted octanol–water partition coefficient (Wildman–Crippen LogP) is 3.71. The number of benzene rings is 1. The molecular weight excluding hydrogens is 536 g/mol. The van der Waals surface area contributed by atoms with E-state index in [4.69, 9.17) is 6.42 Å². The van der Waals surface area contributed by atoms with E-state index < -0.39 is 86.5 Å². The summed E-state index contributed by atoms with van der Waals surface area (Å²) in [5.74, 6) is -8.59. The highest BCUT2D eigenvalue weighted by Crippen LogP contribution is 2.66. The van der Waals surface area contributed by atoms with Crippen molar-refractivity contribution in [2.24, 2.45) is 34.5 Å². The molecule has 0 aromatic heterocycles. The lowest BCUT2D eigenvalue weighted by Gasteiger charge is -2.65. The molecule has 4 rings (SSSR count). The van der Waals surface area contributed by atoms with Gasteiger partial charge in [-0.3, -0.25) is 24.0 Å². The smallest absolute Gasteiger partial charge is 0.191 e. The van der Waals surface area contributed by atoms with Crippen molar-refractivity contribution < 1.29 is 39.3 Å². The Labute approximate surface area is 247 Å². The van der Waals surface area contributed by atoms with Gasteiger partial charge in [-0.25, -0.2) is 0 Å². The number of hydrogen-bond acceptors (Lipinski definition) is 8. The second kappa shape index (κ2) is 9.96. The molecule has 1 aromatic rings. The van der Waals surface area contributed by atoms with Crippen molar-refractivity contribution in [3.05, 3.63) is 28.8 Å². The van der Waals surface area contributed by atoms with Crippen molar-refractivity contribution in [3.8, 4) is 18.1 Å². The largest absolute Gasteiger partial charge is 0.507 e. The SMILES string of the molecule is C#CCCCC(C)(C)c1ccc2c(c1O)C(=O)C1C(=O)[C@@]3(O)C(=O)C(C(C)=O)C(=O)C(C(C)C)[C@@]3(C)[C@H](O)[C@@]1(C)[C@@H]2C. The van der Waals surface area contributed by atoms with Crippen molar-refractivity contribution >= 4 is 28.9 Å². The maximum Gasteiger partial charge on any atom is 0.191 e. The fourth-order valence-electron chi connectivity index (χ4n) is 8.67. The van der Waals surface area contributed by atoms with Crippen LogP contribution in [0.2, 0.25) is 0 Å². The molecule has 2 fully saturated rings. The summed E-state index contributed by atoms with van der Waals surface area (Å²) in [6.45, 7) is 12.9. The van der Waals surface area contributed by atoms with Gasteiger partial charge in [-0.05, 0) is 42.6 Å². The van der Waals surface area contributed by atoms with Crippen LogP contribution in [0.15, 0.2) is 12.1 Å². The summed E-state index contributed by atoms with van der Waals surface area (Å²) >= 11 is 0. The number of carbonyl (C=O) groups is 5. The number of aromatic hydroxyl groups is 1. The third kappa shape index (κ3) is 3.72. The summed E-state index contributed by atoms with van der Waals surface area (Å²) in [5.41, 5.74) is -6.28. The summed E-state index contributed by atoms with van der Waals surface area (Å²) in [6.07, 6.45) is 5.58. The van der Waals surface area contributed by atoms with Crippen molar-refractivity contribution in [2.75, 3.05) is 0 Å². The van der Waals surface area contributed by atoms with E-state index in [1.165, 1.54) is 6.92 Å². The topological polar surface area (TPSA) is 146 Å². The molecule has 3 aliphatic rings. The quantitative estimate of drug-likeness (QED) is 0.263. The van der Waals surface area contributed by atoms with Crippen LogP contribution >= 0.6 is 0 Å². The lowest BCUT2D eigenvalue weighted by Crippen LogP contribution is -2.81. The molecule has 0 spiro atoms. The highest BCUT2D eigenvalue weighted by molar-refractivity contribution is 6.33. The van der Waals surface area contributed by atoms with E-state index in [2.05, 4.69) is 5.92 Å². The van der Waals surface area contributed by atoms with Gasteiger partial charge in [-0.1, -0.05) is 60.6 Å². The minimum absolute atomic E-state index is 0.0804. The molecule has 226 valence electrons. The first-order chi connectivity index (χ1) is 19.3. The van der Waals surface area contributed by atoms with E-state index in [0.29, 0.717) is 30.4 Å². The van der Waals surface area contributed by atoms with E-state index in [1.54, 1.807) is 39.8 Å². The molecule has 0 radical (unpaired) electrons. The number of fused-ring (bicyclic) bond motifs is 3. The predicted molar refractivity (Wildman–Crippen MR) is 155 cm³/mol. The first-order valence-corrected chi connectivity index (χ1v) is 14.7. The number of aliphatic hydroxyl groups is 2. The molecule has 2 saturated carbocycles. The van der Waals surface area contributed by atoms with Gasteiger partial charge in [0.15, 0.2) is 28.7 Å². The zero-order valence-electron chi connectivity index (χ0n) is 25.7. The van der Waals surface area contributed by atoms with Gasteiger partial charge in [0.05, 0.1) is 17.6 Å². The van der Waals surface area contributed by atoms with E-state index in [0.717, 1.165) is 6.92 Å². The van der Waals surface area contributed by atoms with Gasteiger partial charge in [0.2, 0.25) is 0 Å². The average molecular weight is 579 g/mol. The fraction of sp³-hybridized carbons (Fsp3) is 0.618. The molecule has 42 heavy (non-hydrogen) atoms. The second-order valence-corrected chi connectivity index (χ2v) is 14.0. The Kier molecular flexibility index (Phi) is 7.53. The zero-order valence-corrected chi connectivity index (χ0v) is 25.7. The first-order valence-electron chi connectivity index (χ1n) is 14.7. The van der Waals surface area contributed by atoms with Crippen molar-refractivity contribution in [1.29, 1.82) is 0 Å². The van der Waals surface area contributed by atoms with Gasteiger partial charge in [0.1, 0.15) is 17.5 Å². The van der Waals surface area contributed by atoms with Gasteiger partial charge in [0, 0.05) is 28.7 Å². The van der Waals surface area contributed by atoms with E-state index in [1.807, 2.05) is 13.8 Å². The van der Waals surface area contributed by atoms with Crippen LogP contribution in [0, 0.1) is 46.8 Å². The standard InChI is InChI=1S/C34H42O8/c1-10-11-12-15-31(6,7)20-14-13-19-17(4)32(8)24(27(38)22(19)25(20)36)29(40)34(42)28(39)21(18(5)35)26(37)23(16(2)3)33(34,9)30(32)41/h1,13-14,16-17,21,23-24,30,36,41-42H,11-12,15H2,2-9H3/t17-,21?,23?,24?,30-,32+,33+,34+/m1/s1. The lowest BCUT2D eigenvalue weighted by molar-refractivity contribution is -0.240. The van der Waals surface area contributed by atoms with Crippen LogP contribution in [0.4, 0.5) is 0 Å². The molecule has 3 aliphatic carbocycles. The molecule has 0 saturated heterocycles. The highest BCUT2D eigenvalue weighted by Gasteiger charge is 2.80. The third-order valence-electron chi connectivity index (χ3n) is 11.1. The summed E-state index contributed by atoms with van der Waals surface area (Å²) in [6, 6.07) is 3.47. The third-order valence-corrected chi connectivity index (χ3v) is 11.1. The number of terminal acetylenes is 1. The molecule has 0 bridgehead atoms. The second-order valence-electron chi connectivity index (χ2n) is 14.0. The van der Waals surface area contributed by atoms with Crippen LogP contribution in [0.3, 0.4) is 0 Å². The Bertz CT molecular complexity index is 1450. The number of Topliss-reactive ketones (excluding diaryl/α,β-unsaturated/α-hetero) is 5. The molecule has 8 atom stereocenters. The Balaban J connectivity index is 1.98. The van der Waals surface area contributed by atoms with Gasteiger partial charge in [-0.2, -0.15) is 0 Å². The van der Waals surface area contributed by atoms with Crippen LogP contribution in [0.1, 0.15) is 102 Å². The van der Waals surface area contributed by atoms with Crippen LogP contribution in [-0.2, 0) is 24.6 Å². The van der Waals surface area contributed by atoms with E-state index >= 15 is 0 Å². The maximum atomic E-state index is 14.5. The molecule has 3 N–H and O–H groups in total. The zero-order chi connectivity index (χ0) is 31.9. The number of hydrogen-bond donors (Lipinski definition) is 3. The van der Waals surface area contributed by atoms with E-state index in [-0.39, 0.29) is 11.3 Å². The molecular formula is C34H42O8. The van der Waals surface area contributed by atoms with E-state index in [9.17, 15) is 39.3 Å². The normalized spacial score (nSPS) is 36.3. The maximum absolute atomic E-state index is 14.5. The number of rotatable bonds is 6. The Morgan fingerprint density at radius 1 is 1.12 bits per heavy atom. The first kappa shape index (κ1) is 31.8. The van der Waals surface area contributed by atoms with Gasteiger partial charge in [0.25, 0.3) is 0 Å². The number of carbonyl (C=O) groups excluding carboxylic acids is 5. The number of phenols is 1. The molecule has 0 heterocycles. The summed E-state index contributed by atoms with van der Waals surface area (Å²) < 4.78 is 0. The van der Waals surface area contributed by atoms with Crippen LogP contribution in [0.25, 0.3) is 0 Å². The molecule has 8 nitrogen and oxygen atoms in total. The van der Waals surface area contributed by atoms with Gasteiger partial charge in [-0.15, -0.1) is 12.3 Å². The van der Waals surface area contributed by atoms with Crippen LogP contribution in [0.5, 0.6) is 5.75 Å². The number of ketones is 5. The van der Waals surface area contributed by atoms with Gasteiger partial charge < -0.3 is 15.3 Å². The highest BCUT2D eigenvalue weighted by atomic mass is 16.3. The molecule has 3 unspecified atom stereocenters. The van der Waals surface area contributed by atoms with Crippen molar-refractivity contribution in [2.45, 2.75) is 97.7 Å². The fourth-order valence-corrected chi connectivity index (χ4v) is 8.67. The monoisotopic (exact) mass is 578 g/mol. The Morgan fingerprint density at radius 2 is 1.71 bits per heavy atom.